The SMILES string of the molecule is CCCC1(CCCCNc2ccc3nc4n(c3c2)CC(C)CCCOc2c(cnn2C)-c2cc(cc(C)n2)C(=O)N4)CCOCC1. The molecule has 10 heteroatoms. The van der Waals surface area contributed by atoms with Crippen molar-refractivity contribution in [2.24, 2.45) is 18.4 Å². The summed E-state index contributed by atoms with van der Waals surface area (Å²) in [6.45, 7) is 10.5. The molecule has 0 aliphatic carbocycles. The average molecular weight is 628 g/mol. The van der Waals surface area contributed by atoms with Crippen LogP contribution in [0.5, 0.6) is 5.88 Å². The summed E-state index contributed by atoms with van der Waals surface area (Å²) < 4.78 is 15.8. The van der Waals surface area contributed by atoms with E-state index >= 15 is 0 Å². The number of aryl methyl sites for hydroxylation is 2. The Morgan fingerprint density at radius 2 is 1.93 bits per heavy atom. The van der Waals surface area contributed by atoms with Gasteiger partial charge in [0.25, 0.3) is 5.91 Å². The fraction of sp³-hybridized carbons (Fsp3) is 0.556. The summed E-state index contributed by atoms with van der Waals surface area (Å²) in [5.74, 6) is 1.34. The van der Waals surface area contributed by atoms with Gasteiger partial charge in [-0.2, -0.15) is 5.10 Å². The number of hydrogen-bond donors (Lipinski definition) is 2. The Bertz CT molecular complexity index is 1650. The first-order chi connectivity index (χ1) is 22.3. The van der Waals surface area contributed by atoms with Crippen molar-refractivity contribution < 1.29 is 14.3 Å². The largest absolute Gasteiger partial charge is 0.477 e. The van der Waals surface area contributed by atoms with Crippen LogP contribution < -0.4 is 15.4 Å². The number of aromatic nitrogens is 5. The lowest BCUT2D eigenvalue weighted by atomic mass is 9.73. The second-order valence-electron chi connectivity index (χ2n) is 13.4. The van der Waals surface area contributed by atoms with Crippen LogP contribution in [0.2, 0.25) is 0 Å². The quantitative estimate of drug-likeness (QED) is 0.196. The summed E-state index contributed by atoms with van der Waals surface area (Å²) in [6, 6.07) is 9.93. The van der Waals surface area contributed by atoms with Gasteiger partial charge >= 0.3 is 0 Å². The van der Waals surface area contributed by atoms with E-state index in [0.29, 0.717) is 41.0 Å². The molecule has 5 heterocycles. The van der Waals surface area contributed by atoms with Gasteiger partial charge in [-0.05, 0) is 93.5 Å². The number of carbonyl (C=O) groups is 1. The highest BCUT2D eigenvalue weighted by Gasteiger charge is 2.31. The number of rotatable bonds is 8. The summed E-state index contributed by atoms with van der Waals surface area (Å²) in [5, 5.41) is 11.2. The number of carbonyl (C=O) groups excluding carboxylic acids is 1. The summed E-state index contributed by atoms with van der Waals surface area (Å²) in [4.78, 5) is 23.3. The topological polar surface area (TPSA) is 108 Å². The molecule has 4 aromatic rings. The van der Waals surface area contributed by atoms with E-state index in [9.17, 15) is 4.79 Å². The third-order valence-corrected chi connectivity index (χ3v) is 9.72. The molecule has 2 aliphatic heterocycles. The number of nitrogens with one attached hydrogen (secondary N) is 2. The molecule has 1 fully saturated rings. The van der Waals surface area contributed by atoms with Crippen molar-refractivity contribution in [1.29, 1.82) is 0 Å². The van der Waals surface area contributed by atoms with Crippen molar-refractivity contribution in [3.63, 3.8) is 0 Å². The van der Waals surface area contributed by atoms with Crippen molar-refractivity contribution in [3.8, 4) is 17.1 Å². The molecule has 3 aromatic heterocycles. The Labute approximate surface area is 272 Å². The maximum absolute atomic E-state index is 13.7. The van der Waals surface area contributed by atoms with Crippen LogP contribution >= 0.6 is 0 Å². The maximum atomic E-state index is 13.7. The minimum absolute atomic E-state index is 0.221. The van der Waals surface area contributed by atoms with Gasteiger partial charge in [0.05, 0.1) is 35.1 Å². The van der Waals surface area contributed by atoms with E-state index < -0.39 is 0 Å². The zero-order valence-corrected chi connectivity index (χ0v) is 27.9. The second-order valence-corrected chi connectivity index (χ2v) is 13.4. The van der Waals surface area contributed by atoms with E-state index in [4.69, 9.17) is 19.4 Å². The van der Waals surface area contributed by atoms with Crippen LogP contribution in [0.3, 0.4) is 0 Å². The number of benzene rings is 1. The van der Waals surface area contributed by atoms with Crippen molar-refractivity contribution in [2.75, 3.05) is 37.0 Å². The van der Waals surface area contributed by atoms with Crippen molar-refractivity contribution >= 4 is 28.6 Å². The Morgan fingerprint density at radius 1 is 1.09 bits per heavy atom. The summed E-state index contributed by atoms with van der Waals surface area (Å²) in [7, 11) is 1.86. The Kier molecular flexibility index (Phi) is 9.92. The highest BCUT2D eigenvalue weighted by molar-refractivity contribution is 6.05. The zero-order valence-electron chi connectivity index (χ0n) is 27.9. The Balaban J connectivity index is 1.21. The monoisotopic (exact) mass is 627 g/mol. The van der Waals surface area contributed by atoms with Crippen LogP contribution in [0.15, 0.2) is 36.5 Å². The lowest BCUT2D eigenvalue weighted by Gasteiger charge is -2.37. The van der Waals surface area contributed by atoms with E-state index in [1.165, 1.54) is 38.5 Å². The van der Waals surface area contributed by atoms with Gasteiger partial charge in [-0.25, -0.2) is 9.67 Å². The van der Waals surface area contributed by atoms with E-state index in [2.05, 4.69) is 52.3 Å². The second kappa shape index (κ2) is 14.2. The van der Waals surface area contributed by atoms with Gasteiger partial charge in [0.1, 0.15) is 0 Å². The first-order valence-electron chi connectivity index (χ1n) is 17.1. The molecular formula is C36H49N7O3. The van der Waals surface area contributed by atoms with Gasteiger partial charge in [-0.3, -0.25) is 15.1 Å². The number of imidazole rings is 1. The fourth-order valence-corrected chi connectivity index (χ4v) is 7.22. The predicted molar refractivity (Wildman–Crippen MR) is 182 cm³/mol. The molecule has 246 valence electrons. The van der Waals surface area contributed by atoms with Crippen LogP contribution in [0, 0.1) is 18.3 Å². The molecule has 1 amide bonds. The lowest BCUT2D eigenvalue weighted by Crippen LogP contribution is -2.29. The molecule has 46 heavy (non-hydrogen) atoms. The number of unbranched alkanes of at least 4 members (excludes halogenated alkanes) is 1. The molecular weight excluding hydrogens is 578 g/mol. The van der Waals surface area contributed by atoms with Crippen LogP contribution in [-0.4, -0.2) is 56.6 Å². The molecule has 1 aromatic carbocycles. The van der Waals surface area contributed by atoms with Gasteiger partial charge in [0.2, 0.25) is 11.8 Å². The van der Waals surface area contributed by atoms with Crippen LogP contribution in [0.25, 0.3) is 22.3 Å². The Morgan fingerprint density at radius 3 is 2.76 bits per heavy atom. The average Bonchev–Trinajstić information content (AvgIpc) is 3.57. The summed E-state index contributed by atoms with van der Waals surface area (Å²) in [6.07, 6.45) is 12.2. The van der Waals surface area contributed by atoms with Gasteiger partial charge in [0, 0.05) is 50.3 Å². The third-order valence-electron chi connectivity index (χ3n) is 9.72. The first kappa shape index (κ1) is 32.0. The maximum Gasteiger partial charge on any atom is 0.258 e. The van der Waals surface area contributed by atoms with Crippen molar-refractivity contribution in [2.45, 2.75) is 85.1 Å². The number of fused-ring (bicyclic) bond motifs is 7. The van der Waals surface area contributed by atoms with Gasteiger partial charge in [-0.15, -0.1) is 0 Å². The van der Waals surface area contributed by atoms with E-state index in [-0.39, 0.29) is 5.91 Å². The smallest absolute Gasteiger partial charge is 0.258 e. The molecule has 6 rings (SSSR count). The molecule has 1 atom stereocenters. The molecule has 1 unspecified atom stereocenters. The Hall–Kier alpha value is -3.92. The summed E-state index contributed by atoms with van der Waals surface area (Å²) >= 11 is 0. The first-order valence-corrected chi connectivity index (χ1v) is 17.1. The van der Waals surface area contributed by atoms with Gasteiger partial charge < -0.3 is 19.4 Å². The van der Waals surface area contributed by atoms with Gasteiger partial charge in [-0.1, -0.05) is 26.7 Å². The van der Waals surface area contributed by atoms with Crippen molar-refractivity contribution in [1.82, 2.24) is 24.3 Å². The minimum atomic E-state index is -0.221. The fourth-order valence-electron chi connectivity index (χ4n) is 7.22. The van der Waals surface area contributed by atoms with Gasteiger partial charge in [0.15, 0.2) is 0 Å². The zero-order chi connectivity index (χ0) is 32.1. The molecule has 2 N–H and O–H groups in total. The lowest BCUT2D eigenvalue weighted by molar-refractivity contribution is 0.00405. The number of amides is 1. The van der Waals surface area contributed by atoms with Crippen LogP contribution in [0.4, 0.5) is 11.6 Å². The van der Waals surface area contributed by atoms with E-state index in [1.54, 1.807) is 23.0 Å². The normalized spacial score (nSPS) is 18.5. The van der Waals surface area contributed by atoms with E-state index in [0.717, 1.165) is 73.5 Å². The van der Waals surface area contributed by atoms with Crippen LogP contribution in [0.1, 0.15) is 87.7 Å². The highest BCUT2D eigenvalue weighted by Crippen LogP contribution is 2.40. The van der Waals surface area contributed by atoms with E-state index in [1.807, 2.05) is 14.0 Å². The molecule has 0 spiro atoms. The molecule has 2 bridgehead atoms. The minimum Gasteiger partial charge on any atom is -0.477 e. The molecule has 10 nitrogen and oxygen atoms in total. The van der Waals surface area contributed by atoms with Crippen LogP contribution in [-0.2, 0) is 18.3 Å². The molecule has 0 radical (unpaired) electrons. The number of nitrogens with zero attached hydrogens (tertiary/aromatic N) is 5. The predicted octanol–water partition coefficient (Wildman–Crippen LogP) is 7.38. The molecule has 2 aliphatic rings. The number of anilines is 2. The highest BCUT2D eigenvalue weighted by atomic mass is 16.5. The summed E-state index contributed by atoms with van der Waals surface area (Å²) in [5.41, 5.74) is 6.13. The standard InChI is InChI=1S/C36H49N7O3/c1-5-12-36(14-18-45-19-15-36)13-6-7-16-37-28-10-11-30-32(22-28)43-24-25(2)9-8-17-46-34-29(23-38-42(34)4)31-21-27(20-26(3)39-31)33(44)41-35(43)40-30/h10-11,20-23,25,37H,5-9,12-19,24H2,1-4H3,(H,40,41,44). The third kappa shape index (κ3) is 7.22. The molecule has 0 saturated carbocycles. The van der Waals surface area contributed by atoms with Crippen molar-refractivity contribution in [3.05, 3.63) is 47.8 Å². The number of ether oxygens (including phenoxy) is 2. The number of hydrogen-bond acceptors (Lipinski definition) is 7. The molecule has 1 saturated heterocycles. The number of pyridine rings is 1.